The van der Waals surface area contributed by atoms with Crippen LogP contribution in [0, 0.1) is 5.92 Å². The minimum absolute atomic E-state index is 0.0974. The summed E-state index contributed by atoms with van der Waals surface area (Å²) in [5.74, 6) is -3.82. The van der Waals surface area contributed by atoms with Gasteiger partial charge in [0.1, 0.15) is 12.1 Å². The number of nitrogens with two attached hydrogens (primary N) is 1. The number of rotatable bonds is 8. The van der Waals surface area contributed by atoms with E-state index in [1.807, 2.05) is 38.1 Å². The van der Waals surface area contributed by atoms with Gasteiger partial charge in [-0.1, -0.05) is 32.0 Å². The molecule has 1 saturated heterocycles. The molecule has 0 aliphatic carbocycles. The Hall–Kier alpha value is -3.89. The number of urea groups is 1. The van der Waals surface area contributed by atoms with Crippen molar-refractivity contribution in [1.82, 2.24) is 20.1 Å². The molecule has 5 amide bonds. The van der Waals surface area contributed by atoms with Gasteiger partial charge in [0, 0.05) is 17.4 Å². The van der Waals surface area contributed by atoms with Gasteiger partial charge in [0.25, 0.3) is 5.91 Å². The Morgan fingerprint density at radius 1 is 1.23 bits per heavy atom. The van der Waals surface area contributed by atoms with Crippen molar-refractivity contribution in [2.75, 3.05) is 6.54 Å². The zero-order valence-electron chi connectivity index (χ0n) is 19.8. The molecule has 1 aromatic heterocycles. The van der Waals surface area contributed by atoms with Crippen LogP contribution >= 0.6 is 0 Å². The molecular weight excluding hydrogens is 454 g/mol. The van der Waals surface area contributed by atoms with Crippen molar-refractivity contribution in [2.24, 2.45) is 11.7 Å². The highest BCUT2D eigenvalue weighted by molar-refractivity contribution is 6.11. The summed E-state index contributed by atoms with van der Waals surface area (Å²) < 4.78 is 0. The third-order valence-corrected chi connectivity index (χ3v) is 6.83. The molecule has 11 nitrogen and oxygen atoms in total. The zero-order chi connectivity index (χ0) is 25.7. The number of imide groups is 1. The fraction of sp³-hybridized carbons (Fsp3) is 0.458. The van der Waals surface area contributed by atoms with Crippen LogP contribution in [-0.4, -0.2) is 68.2 Å². The smallest absolute Gasteiger partial charge is 0.328 e. The van der Waals surface area contributed by atoms with E-state index in [0.717, 1.165) is 21.4 Å². The second-order valence-corrected chi connectivity index (χ2v) is 9.67. The maximum absolute atomic E-state index is 13.9. The molecule has 0 saturated carbocycles. The highest BCUT2D eigenvalue weighted by Crippen LogP contribution is 2.44. The molecule has 0 spiro atoms. The van der Waals surface area contributed by atoms with Crippen LogP contribution in [0.4, 0.5) is 4.79 Å². The number of aliphatic carboxylic acids is 1. The lowest BCUT2D eigenvalue weighted by atomic mass is 9.86. The number of para-hydroxylation sites is 1. The van der Waals surface area contributed by atoms with Gasteiger partial charge in [0.15, 0.2) is 5.54 Å². The maximum Gasteiger partial charge on any atom is 0.328 e. The summed E-state index contributed by atoms with van der Waals surface area (Å²) in [4.78, 5) is 69.3. The molecule has 3 atom stereocenters. The normalized spacial score (nSPS) is 21.1. The van der Waals surface area contributed by atoms with Gasteiger partial charge in [-0.2, -0.15) is 0 Å². The number of primary amides is 1. The number of H-pyrrole nitrogens is 1. The topological polar surface area (TPSA) is 166 Å². The SMILES string of the molecule is CC(C)C[C@H](C(=O)N[C@H](CC(N)=O)C(=O)O)N1C(=O)N2CCc3c([nH]c4ccccc34)[C@@]2(C)C1=O. The number of hydrogen-bond acceptors (Lipinski definition) is 5. The van der Waals surface area contributed by atoms with Crippen molar-refractivity contribution >= 4 is 40.6 Å². The lowest BCUT2D eigenvalue weighted by Crippen LogP contribution is -2.55. The van der Waals surface area contributed by atoms with Gasteiger partial charge in [-0.15, -0.1) is 0 Å². The number of carboxylic acids is 1. The van der Waals surface area contributed by atoms with Crippen LogP contribution in [0.2, 0.25) is 0 Å². The number of benzene rings is 1. The first kappa shape index (κ1) is 24.2. The monoisotopic (exact) mass is 483 g/mol. The summed E-state index contributed by atoms with van der Waals surface area (Å²) in [5.41, 5.74) is 6.22. The number of carbonyl (C=O) groups excluding carboxylic acids is 4. The number of aromatic amines is 1. The summed E-state index contributed by atoms with van der Waals surface area (Å²) in [7, 11) is 0. The minimum Gasteiger partial charge on any atom is -0.480 e. The predicted molar refractivity (Wildman–Crippen MR) is 125 cm³/mol. The molecule has 1 fully saturated rings. The average molecular weight is 484 g/mol. The number of carbonyl (C=O) groups is 5. The van der Waals surface area contributed by atoms with E-state index in [0.29, 0.717) is 18.7 Å². The molecule has 11 heteroatoms. The Labute approximate surface area is 201 Å². The average Bonchev–Trinajstić information content (AvgIpc) is 3.25. The maximum atomic E-state index is 13.9. The third-order valence-electron chi connectivity index (χ3n) is 6.83. The van der Waals surface area contributed by atoms with E-state index in [1.165, 1.54) is 4.90 Å². The number of amides is 5. The second kappa shape index (κ2) is 8.71. The van der Waals surface area contributed by atoms with Crippen LogP contribution in [0.5, 0.6) is 0 Å². The predicted octanol–water partition coefficient (Wildman–Crippen LogP) is 1.06. The van der Waals surface area contributed by atoms with E-state index in [-0.39, 0.29) is 12.3 Å². The molecule has 2 aliphatic rings. The molecule has 2 aliphatic heterocycles. The van der Waals surface area contributed by atoms with Gasteiger partial charge in [-0.3, -0.25) is 14.4 Å². The van der Waals surface area contributed by atoms with Crippen molar-refractivity contribution in [3.63, 3.8) is 0 Å². The van der Waals surface area contributed by atoms with E-state index < -0.39 is 53.8 Å². The van der Waals surface area contributed by atoms with E-state index in [9.17, 15) is 29.1 Å². The standard InChI is InChI=1S/C24H29N5O6/c1-12(2)10-17(20(31)27-16(21(32)33)11-18(25)30)29-22(34)24(3)19-14(8-9-28(24)23(29)35)13-6-4-5-7-15(13)26-19/h4-7,12,16-17,26H,8-11H2,1-3H3,(H2,25,30)(H,27,31)(H,32,33)/t16-,17-,24+/m1/s1. The molecule has 3 heterocycles. The largest absolute Gasteiger partial charge is 0.480 e. The molecule has 0 bridgehead atoms. The summed E-state index contributed by atoms with van der Waals surface area (Å²) in [6.45, 7) is 5.61. The van der Waals surface area contributed by atoms with Crippen LogP contribution in [0.25, 0.3) is 10.9 Å². The molecule has 0 radical (unpaired) electrons. The number of fused-ring (bicyclic) bond motifs is 5. The number of carboxylic acid groups (broad SMARTS) is 1. The fourth-order valence-corrected chi connectivity index (χ4v) is 5.14. The molecule has 4 rings (SSSR count). The van der Waals surface area contributed by atoms with Crippen LogP contribution < -0.4 is 11.1 Å². The van der Waals surface area contributed by atoms with Gasteiger partial charge >= 0.3 is 12.0 Å². The van der Waals surface area contributed by atoms with Gasteiger partial charge in [0.2, 0.25) is 11.8 Å². The third kappa shape index (κ3) is 3.90. The Bertz CT molecular complexity index is 1240. The Morgan fingerprint density at radius 2 is 1.91 bits per heavy atom. The molecule has 5 N–H and O–H groups in total. The second-order valence-electron chi connectivity index (χ2n) is 9.67. The number of nitrogens with one attached hydrogen (secondary N) is 2. The number of hydrogen-bond donors (Lipinski definition) is 4. The van der Waals surface area contributed by atoms with Crippen LogP contribution in [0.1, 0.15) is 44.9 Å². The highest BCUT2D eigenvalue weighted by atomic mass is 16.4. The molecule has 2 aromatic rings. The van der Waals surface area contributed by atoms with E-state index in [2.05, 4.69) is 10.3 Å². The summed E-state index contributed by atoms with van der Waals surface area (Å²) in [5, 5.41) is 12.7. The van der Waals surface area contributed by atoms with Crippen LogP contribution in [0.15, 0.2) is 24.3 Å². The van der Waals surface area contributed by atoms with Gasteiger partial charge in [-0.25, -0.2) is 14.5 Å². The fourth-order valence-electron chi connectivity index (χ4n) is 5.14. The molecule has 0 unspecified atom stereocenters. The summed E-state index contributed by atoms with van der Waals surface area (Å²) in [6, 6.07) is 4.23. The Kier molecular flexibility index (Phi) is 6.04. The van der Waals surface area contributed by atoms with Gasteiger partial charge in [0.05, 0.1) is 12.1 Å². The van der Waals surface area contributed by atoms with Crippen molar-refractivity contribution in [3.8, 4) is 0 Å². The van der Waals surface area contributed by atoms with Crippen molar-refractivity contribution < 1.29 is 29.1 Å². The molecule has 35 heavy (non-hydrogen) atoms. The quantitative estimate of drug-likeness (QED) is 0.410. The molecular formula is C24H29N5O6. The first-order chi connectivity index (χ1) is 16.5. The Balaban J connectivity index is 1.72. The molecule has 186 valence electrons. The van der Waals surface area contributed by atoms with Crippen molar-refractivity contribution in [3.05, 3.63) is 35.5 Å². The van der Waals surface area contributed by atoms with E-state index in [1.54, 1.807) is 6.92 Å². The first-order valence-electron chi connectivity index (χ1n) is 11.5. The lowest BCUT2D eigenvalue weighted by molar-refractivity contribution is -0.145. The zero-order valence-corrected chi connectivity index (χ0v) is 19.8. The van der Waals surface area contributed by atoms with Crippen LogP contribution in [-0.2, 0) is 31.1 Å². The minimum atomic E-state index is -1.57. The van der Waals surface area contributed by atoms with E-state index in [4.69, 9.17) is 5.73 Å². The van der Waals surface area contributed by atoms with Gasteiger partial charge in [-0.05, 0) is 37.3 Å². The summed E-state index contributed by atoms with van der Waals surface area (Å²) >= 11 is 0. The van der Waals surface area contributed by atoms with Crippen molar-refractivity contribution in [2.45, 2.75) is 57.7 Å². The van der Waals surface area contributed by atoms with Crippen LogP contribution in [0.3, 0.4) is 0 Å². The van der Waals surface area contributed by atoms with Crippen molar-refractivity contribution in [1.29, 1.82) is 0 Å². The van der Waals surface area contributed by atoms with E-state index >= 15 is 0 Å². The number of aromatic nitrogens is 1. The Morgan fingerprint density at radius 3 is 2.54 bits per heavy atom. The molecule has 1 aromatic carbocycles. The number of nitrogens with zero attached hydrogens (tertiary/aromatic N) is 2. The summed E-state index contributed by atoms with van der Waals surface area (Å²) in [6.07, 6.45) is 0.0534. The lowest BCUT2D eigenvalue weighted by Gasteiger charge is -2.36. The highest BCUT2D eigenvalue weighted by Gasteiger charge is 2.60. The van der Waals surface area contributed by atoms with Gasteiger partial charge < -0.3 is 26.0 Å². The first-order valence-corrected chi connectivity index (χ1v) is 11.5.